The van der Waals surface area contributed by atoms with E-state index >= 15 is 0 Å². The summed E-state index contributed by atoms with van der Waals surface area (Å²) in [6, 6.07) is 0. The number of hydrogen-bond acceptors (Lipinski definition) is 2. The van der Waals surface area contributed by atoms with Crippen LogP contribution in [0.15, 0.2) is 20.9 Å². The molecule has 1 heterocycles. The fourth-order valence-corrected chi connectivity index (χ4v) is 1.36. The second kappa shape index (κ2) is 2.76. The first-order valence-corrected chi connectivity index (χ1v) is 4.22. The van der Waals surface area contributed by atoms with E-state index in [-0.39, 0.29) is 5.76 Å². The van der Waals surface area contributed by atoms with E-state index in [1.807, 2.05) is 18.2 Å². The minimum absolute atomic E-state index is 0.301. The first kappa shape index (κ1) is 8.10. The molecule has 1 aromatic rings. The Morgan fingerprint density at radius 3 is 3.00 bits per heavy atom. The van der Waals surface area contributed by atoms with Gasteiger partial charge < -0.3 is 4.42 Å². The quantitative estimate of drug-likeness (QED) is 0.554. The fraction of sp³-hybridized carbons (Fsp3) is 0.300. The Labute approximate surface area is 75.3 Å². The molecule has 0 amide bonds. The summed E-state index contributed by atoms with van der Waals surface area (Å²) in [5, 5.41) is 0.849. The molecule has 1 aliphatic rings. The zero-order valence-electron chi connectivity index (χ0n) is 7.70. The van der Waals surface area contributed by atoms with Crippen LogP contribution in [0.1, 0.15) is 13.3 Å². The Morgan fingerprint density at radius 2 is 2.23 bits per heavy atom. The van der Waals surface area contributed by atoms with Gasteiger partial charge in [0.25, 0.3) is 0 Å². The average molecular weight is 177 g/mol. The van der Waals surface area contributed by atoms with Crippen molar-refractivity contribution in [1.29, 1.82) is 0 Å². The van der Waals surface area contributed by atoms with Crippen LogP contribution in [0.2, 0.25) is 0 Å². The summed E-state index contributed by atoms with van der Waals surface area (Å²) in [6.07, 6.45) is 6.71. The maximum absolute atomic E-state index is 11.1. The van der Waals surface area contributed by atoms with Crippen LogP contribution in [0.3, 0.4) is 0 Å². The molecule has 0 N–H and O–H groups in total. The van der Waals surface area contributed by atoms with E-state index in [9.17, 15) is 4.79 Å². The van der Waals surface area contributed by atoms with Gasteiger partial charge in [-0.05, 0) is 25.5 Å². The van der Waals surface area contributed by atoms with Crippen molar-refractivity contribution in [3.05, 3.63) is 33.0 Å². The number of aromatic nitrogens is 1. The van der Waals surface area contributed by atoms with Crippen LogP contribution in [0, 0.1) is 0 Å². The number of nitrogens with zero attached hydrogens (tertiary/aromatic N) is 1. The zero-order valence-corrected chi connectivity index (χ0v) is 7.70. The second-order valence-corrected chi connectivity index (χ2v) is 3.26. The van der Waals surface area contributed by atoms with Crippen molar-refractivity contribution in [2.24, 2.45) is 7.05 Å². The Hall–Kier alpha value is -1.51. The third kappa shape index (κ3) is 1.26. The highest BCUT2D eigenvalue weighted by atomic mass is 16.4. The third-order valence-corrected chi connectivity index (χ3v) is 2.22. The molecule has 0 radical (unpaired) electrons. The van der Waals surface area contributed by atoms with E-state index in [1.54, 1.807) is 7.05 Å². The van der Waals surface area contributed by atoms with Crippen molar-refractivity contribution in [2.45, 2.75) is 13.3 Å². The molecule has 0 aromatic carbocycles. The molecule has 0 saturated heterocycles. The monoisotopic (exact) mass is 177 g/mol. The van der Waals surface area contributed by atoms with Crippen LogP contribution < -0.4 is 16.5 Å². The molecule has 1 aliphatic carbocycles. The molecule has 2 rings (SSSR count). The maximum Gasteiger partial charge on any atom is 0.419 e. The lowest BCUT2D eigenvalue weighted by molar-refractivity contribution is 0.469. The van der Waals surface area contributed by atoms with Crippen LogP contribution in [0.4, 0.5) is 0 Å². The van der Waals surface area contributed by atoms with Gasteiger partial charge in [-0.2, -0.15) is 0 Å². The summed E-state index contributed by atoms with van der Waals surface area (Å²) in [7, 11) is 1.71. The summed E-state index contributed by atoms with van der Waals surface area (Å²) < 4.78 is 6.57. The molecule has 0 bridgehead atoms. The van der Waals surface area contributed by atoms with E-state index in [0.717, 1.165) is 11.8 Å². The van der Waals surface area contributed by atoms with E-state index < -0.39 is 0 Å². The number of allylic oxidation sites excluding steroid dienone is 2. The average Bonchev–Trinajstić information content (AvgIpc) is 2.28. The molecule has 0 spiro atoms. The Bertz CT molecular complexity index is 528. The second-order valence-electron chi connectivity index (χ2n) is 3.26. The topological polar surface area (TPSA) is 35.1 Å². The number of hydrogen-bond donors (Lipinski definition) is 0. The molecule has 3 nitrogen and oxygen atoms in total. The molecular formula is C10H11NO2. The molecule has 0 fully saturated rings. The first-order chi connectivity index (χ1) is 6.18. The van der Waals surface area contributed by atoms with Crippen LogP contribution >= 0.6 is 0 Å². The van der Waals surface area contributed by atoms with E-state index in [0.29, 0.717) is 5.42 Å². The highest BCUT2D eigenvalue weighted by Gasteiger charge is 2.01. The molecule has 0 aliphatic heterocycles. The predicted octanol–water partition coefficient (Wildman–Crippen LogP) is -0.111. The van der Waals surface area contributed by atoms with Gasteiger partial charge in [0.2, 0.25) is 0 Å². The van der Waals surface area contributed by atoms with Crippen LogP contribution in [-0.4, -0.2) is 4.57 Å². The lowest BCUT2D eigenvalue weighted by Crippen LogP contribution is -2.29. The largest absolute Gasteiger partial charge is 0.419 e. The SMILES string of the molecule is CC1=CC=c2c(oc(=O)n2C)=CC1. The maximum atomic E-state index is 11.1. The molecule has 1 aromatic heterocycles. The lowest BCUT2D eigenvalue weighted by Gasteiger charge is -1.87. The van der Waals surface area contributed by atoms with Gasteiger partial charge in [0, 0.05) is 7.05 Å². The van der Waals surface area contributed by atoms with Crippen LogP contribution in [0.25, 0.3) is 12.2 Å². The molecule has 3 heteroatoms. The predicted molar refractivity (Wildman–Crippen MR) is 50.5 cm³/mol. The van der Waals surface area contributed by atoms with Crippen molar-refractivity contribution >= 4 is 12.2 Å². The molecule has 0 unspecified atom stereocenters. The summed E-state index contributed by atoms with van der Waals surface area (Å²) in [6.45, 7) is 2.05. The molecule has 68 valence electrons. The van der Waals surface area contributed by atoms with Crippen LogP contribution in [-0.2, 0) is 7.05 Å². The molecular weight excluding hydrogens is 166 g/mol. The summed E-state index contributed by atoms with van der Waals surface area (Å²) in [5.74, 6) is -0.301. The van der Waals surface area contributed by atoms with Crippen molar-refractivity contribution in [3.63, 3.8) is 0 Å². The standard InChI is InChI=1S/C10H11NO2/c1-7-3-5-8-9(6-4-7)13-10(12)11(8)2/h3,5-6H,4H2,1-2H3. The molecule has 0 atom stereocenters. The zero-order chi connectivity index (χ0) is 9.42. The number of fused-ring (bicyclic) bond motifs is 1. The Kier molecular flexibility index (Phi) is 1.72. The number of rotatable bonds is 0. The van der Waals surface area contributed by atoms with Gasteiger partial charge in [-0.1, -0.05) is 11.6 Å². The van der Waals surface area contributed by atoms with Gasteiger partial charge >= 0.3 is 5.76 Å². The minimum Gasteiger partial charge on any atom is -0.408 e. The number of oxazole rings is 1. The first-order valence-electron chi connectivity index (χ1n) is 4.22. The minimum atomic E-state index is -0.301. The van der Waals surface area contributed by atoms with Crippen molar-refractivity contribution in [3.8, 4) is 0 Å². The molecule has 0 saturated carbocycles. The third-order valence-electron chi connectivity index (χ3n) is 2.22. The Balaban J connectivity index is 2.87. The van der Waals surface area contributed by atoms with Gasteiger partial charge in [0.15, 0.2) is 5.42 Å². The summed E-state index contributed by atoms with van der Waals surface area (Å²) >= 11 is 0. The Morgan fingerprint density at radius 1 is 1.46 bits per heavy atom. The fourth-order valence-electron chi connectivity index (χ4n) is 1.36. The lowest BCUT2D eigenvalue weighted by atomic mass is 10.2. The van der Waals surface area contributed by atoms with Gasteiger partial charge in [0.1, 0.15) is 0 Å². The van der Waals surface area contributed by atoms with E-state index in [4.69, 9.17) is 4.42 Å². The summed E-state index contributed by atoms with van der Waals surface area (Å²) in [5.41, 5.74) is 1.94. The van der Waals surface area contributed by atoms with Crippen LogP contribution in [0.5, 0.6) is 0 Å². The highest BCUT2D eigenvalue weighted by Crippen LogP contribution is 2.01. The van der Waals surface area contributed by atoms with Gasteiger partial charge in [-0.15, -0.1) is 0 Å². The highest BCUT2D eigenvalue weighted by molar-refractivity contribution is 5.43. The van der Waals surface area contributed by atoms with E-state index in [2.05, 4.69) is 6.92 Å². The van der Waals surface area contributed by atoms with Crippen molar-refractivity contribution in [1.82, 2.24) is 4.57 Å². The normalized spacial score (nSPS) is 15.1. The summed E-state index contributed by atoms with van der Waals surface area (Å²) in [4.78, 5) is 11.1. The van der Waals surface area contributed by atoms with Gasteiger partial charge in [-0.3, -0.25) is 4.57 Å². The van der Waals surface area contributed by atoms with Gasteiger partial charge in [0.05, 0.1) is 5.35 Å². The smallest absolute Gasteiger partial charge is 0.408 e. The van der Waals surface area contributed by atoms with Crippen molar-refractivity contribution in [2.75, 3.05) is 0 Å². The van der Waals surface area contributed by atoms with Crippen molar-refractivity contribution < 1.29 is 4.42 Å². The molecule has 13 heavy (non-hydrogen) atoms. The van der Waals surface area contributed by atoms with Gasteiger partial charge in [-0.25, -0.2) is 4.79 Å². The van der Waals surface area contributed by atoms with E-state index in [1.165, 1.54) is 10.1 Å².